The van der Waals surface area contributed by atoms with E-state index < -0.39 is 27.5 Å². The Bertz CT molecular complexity index is 466. The highest BCUT2D eigenvalue weighted by Crippen LogP contribution is 2.53. The molecule has 1 unspecified atom stereocenters. The van der Waals surface area contributed by atoms with E-state index in [1.807, 2.05) is 6.92 Å². The first-order chi connectivity index (χ1) is 9.80. The lowest BCUT2D eigenvalue weighted by atomic mass is 9.83. The monoisotopic (exact) mass is 346 g/mol. The van der Waals surface area contributed by atoms with Crippen molar-refractivity contribution in [2.75, 3.05) is 19.9 Å². The summed E-state index contributed by atoms with van der Waals surface area (Å²) in [5, 5.41) is 0.0981. The van der Waals surface area contributed by atoms with Gasteiger partial charge in [0.2, 0.25) is 0 Å². The van der Waals surface area contributed by atoms with Crippen LogP contribution in [0.15, 0.2) is 0 Å². The van der Waals surface area contributed by atoms with Crippen molar-refractivity contribution in [1.29, 1.82) is 0 Å². The molecule has 0 bridgehead atoms. The van der Waals surface area contributed by atoms with Crippen molar-refractivity contribution in [3.05, 3.63) is 0 Å². The van der Waals surface area contributed by atoms with Crippen LogP contribution in [0.3, 0.4) is 0 Å². The molecule has 2 aliphatic heterocycles. The van der Waals surface area contributed by atoms with Crippen molar-refractivity contribution < 1.29 is 22.8 Å². The summed E-state index contributed by atoms with van der Waals surface area (Å²) >= 11 is 0. The Hall–Kier alpha value is 0.352. The van der Waals surface area contributed by atoms with Gasteiger partial charge in [0, 0.05) is 18.6 Å². The van der Waals surface area contributed by atoms with Gasteiger partial charge in [0.1, 0.15) is 13.4 Å². The molecule has 126 valence electrons. The maximum absolute atomic E-state index is 11.8. The first kappa shape index (κ1) is 18.7. The minimum Gasteiger partial charge on any atom is -0.412 e. The van der Waals surface area contributed by atoms with Gasteiger partial charge < -0.3 is 18.2 Å². The molecular formula is C14H28BO5PSi. The zero-order valence-corrected chi connectivity index (χ0v) is 16.6. The minimum absolute atomic E-state index is 0.0110. The summed E-state index contributed by atoms with van der Waals surface area (Å²) in [5.74, 6) is 0.0110. The molecule has 2 rings (SSSR count). The number of hydrogen-bond acceptors (Lipinski definition) is 5. The van der Waals surface area contributed by atoms with Crippen LogP contribution >= 0.6 is 7.60 Å². The van der Waals surface area contributed by atoms with Gasteiger partial charge in [-0.1, -0.05) is 27.7 Å². The SMILES string of the molecule is [B][C@@H]1OC2(COP(C)(=O)OC2)[C@H](C)C1O[Si](C)(C)C(C)(C)C. The first-order valence-corrected chi connectivity index (χ1v) is 12.7. The van der Waals surface area contributed by atoms with Gasteiger partial charge in [0.05, 0.1) is 19.3 Å². The summed E-state index contributed by atoms with van der Waals surface area (Å²) in [6.45, 7) is 15.0. The molecule has 0 aromatic rings. The average Bonchev–Trinajstić information content (AvgIpc) is 2.57. The molecule has 1 spiro atoms. The molecule has 0 saturated carbocycles. The molecule has 5 nitrogen and oxygen atoms in total. The number of rotatable bonds is 2. The average molecular weight is 346 g/mol. The van der Waals surface area contributed by atoms with Crippen LogP contribution in [0.2, 0.25) is 18.1 Å². The molecule has 0 aromatic heterocycles. The van der Waals surface area contributed by atoms with Gasteiger partial charge in [-0.3, -0.25) is 4.57 Å². The topological polar surface area (TPSA) is 54.0 Å². The number of hydrogen-bond donors (Lipinski definition) is 0. The van der Waals surface area contributed by atoms with E-state index in [9.17, 15) is 4.57 Å². The van der Waals surface area contributed by atoms with Crippen molar-refractivity contribution in [2.24, 2.45) is 5.92 Å². The highest BCUT2D eigenvalue weighted by atomic mass is 31.2. The van der Waals surface area contributed by atoms with Crippen LogP contribution in [-0.2, 0) is 22.8 Å². The van der Waals surface area contributed by atoms with Crippen molar-refractivity contribution in [3.63, 3.8) is 0 Å². The van der Waals surface area contributed by atoms with E-state index in [1.165, 1.54) is 6.66 Å². The van der Waals surface area contributed by atoms with Gasteiger partial charge in [-0.05, 0) is 18.1 Å². The Morgan fingerprint density at radius 3 is 2.23 bits per heavy atom. The molecule has 8 heteroatoms. The van der Waals surface area contributed by atoms with Crippen LogP contribution in [0.4, 0.5) is 0 Å². The molecule has 2 saturated heterocycles. The fourth-order valence-electron chi connectivity index (χ4n) is 2.58. The fraction of sp³-hybridized carbons (Fsp3) is 1.00. The van der Waals surface area contributed by atoms with E-state index in [2.05, 4.69) is 33.9 Å². The van der Waals surface area contributed by atoms with Gasteiger partial charge in [-0.2, -0.15) is 0 Å². The molecule has 0 aromatic carbocycles. The minimum atomic E-state index is -2.95. The van der Waals surface area contributed by atoms with Crippen LogP contribution in [0.5, 0.6) is 0 Å². The van der Waals surface area contributed by atoms with E-state index in [0.717, 1.165) is 0 Å². The third-order valence-electron chi connectivity index (χ3n) is 5.34. The molecule has 0 aliphatic carbocycles. The third kappa shape index (κ3) is 3.40. The molecule has 2 fully saturated rings. The molecule has 0 amide bonds. The van der Waals surface area contributed by atoms with E-state index in [0.29, 0.717) is 0 Å². The molecule has 2 radical (unpaired) electrons. The summed E-state index contributed by atoms with van der Waals surface area (Å²) in [6, 6.07) is -0.523. The second-order valence-corrected chi connectivity index (χ2v) is 14.9. The van der Waals surface area contributed by atoms with E-state index in [-0.39, 0.29) is 30.3 Å². The van der Waals surface area contributed by atoms with E-state index in [4.69, 9.17) is 26.1 Å². The lowest BCUT2D eigenvalue weighted by Crippen LogP contribution is -2.50. The molecular weight excluding hydrogens is 318 g/mol. The fourth-order valence-corrected chi connectivity index (χ4v) is 4.93. The molecule has 2 heterocycles. The zero-order chi connectivity index (χ0) is 17.0. The Morgan fingerprint density at radius 2 is 1.77 bits per heavy atom. The Morgan fingerprint density at radius 1 is 1.27 bits per heavy atom. The quantitative estimate of drug-likeness (QED) is 0.568. The smallest absolute Gasteiger partial charge is 0.327 e. The standard InChI is InChI=1S/C14H28BO5PSi/c1-10-11(20-22(6,7)13(2,3)4)12(15)19-14(10)8-17-21(5,16)18-9-14/h10-12H,8-9H2,1-7H3/t10-,11?,12-,14?,21?/m1/s1. The first-order valence-electron chi connectivity index (χ1n) is 7.78. The highest BCUT2D eigenvalue weighted by molar-refractivity contribution is 7.53. The number of ether oxygens (including phenoxy) is 1. The predicted octanol–water partition coefficient (Wildman–Crippen LogP) is 3.15. The summed E-state index contributed by atoms with van der Waals surface area (Å²) in [4.78, 5) is 0. The summed E-state index contributed by atoms with van der Waals surface area (Å²) in [6.07, 6.45) is -0.206. The predicted molar refractivity (Wildman–Crippen MR) is 90.0 cm³/mol. The molecule has 3 atom stereocenters. The Kier molecular flexibility index (Phi) is 4.85. The van der Waals surface area contributed by atoms with Gasteiger partial charge in [0.25, 0.3) is 0 Å². The highest BCUT2D eigenvalue weighted by Gasteiger charge is 2.56. The zero-order valence-electron chi connectivity index (χ0n) is 14.7. The second-order valence-electron chi connectivity index (χ2n) is 8.10. The van der Waals surface area contributed by atoms with Crippen LogP contribution in [-0.4, -0.2) is 53.8 Å². The van der Waals surface area contributed by atoms with Crippen molar-refractivity contribution in [3.8, 4) is 0 Å². The third-order valence-corrected chi connectivity index (χ3v) is 11.0. The lowest BCUT2D eigenvalue weighted by Gasteiger charge is -2.42. The Balaban J connectivity index is 2.15. The van der Waals surface area contributed by atoms with Gasteiger partial charge in [-0.25, -0.2) is 0 Å². The van der Waals surface area contributed by atoms with Crippen LogP contribution in [0.25, 0.3) is 0 Å². The Labute approximate surface area is 136 Å². The van der Waals surface area contributed by atoms with Crippen LogP contribution in [0, 0.1) is 5.92 Å². The molecule has 2 aliphatic rings. The summed E-state index contributed by atoms with van der Waals surface area (Å²) in [5.41, 5.74) is -0.670. The van der Waals surface area contributed by atoms with Crippen molar-refractivity contribution in [1.82, 2.24) is 0 Å². The maximum Gasteiger partial charge on any atom is 0.327 e. The summed E-state index contributed by atoms with van der Waals surface area (Å²) < 4.78 is 35.0. The second kappa shape index (κ2) is 5.71. The van der Waals surface area contributed by atoms with Crippen LogP contribution in [0.1, 0.15) is 27.7 Å². The molecule has 0 N–H and O–H groups in total. The van der Waals surface area contributed by atoms with E-state index >= 15 is 0 Å². The maximum atomic E-state index is 11.8. The van der Waals surface area contributed by atoms with Gasteiger partial charge >= 0.3 is 7.60 Å². The largest absolute Gasteiger partial charge is 0.412 e. The van der Waals surface area contributed by atoms with Crippen LogP contribution < -0.4 is 0 Å². The van der Waals surface area contributed by atoms with Gasteiger partial charge in [-0.15, -0.1) is 0 Å². The van der Waals surface area contributed by atoms with Gasteiger partial charge in [0.15, 0.2) is 8.32 Å². The van der Waals surface area contributed by atoms with Crippen molar-refractivity contribution >= 4 is 23.8 Å². The lowest BCUT2D eigenvalue weighted by molar-refractivity contribution is -0.112. The summed E-state index contributed by atoms with van der Waals surface area (Å²) in [7, 11) is 1.28. The normalized spacial score (nSPS) is 43.7. The molecule has 22 heavy (non-hydrogen) atoms. The van der Waals surface area contributed by atoms with E-state index in [1.54, 1.807) is 0 Å². The van der Waals surface area contributed by atoms with Crippen molar-refractivity contribution in [2.45, 2.75) is 63.5 Å².